The van der Waals surface area contributed by atoms with E-state index in [0.29, 0.717) is 5.92 Å². The van der Waals surface area contributed by atoms with Gasteiger partial charge in [0.15, 0.2) is 5.82 Å². The molecule has 2 aliphatic rings. The lowest BCUT2D eigenvalue weighted by Crippen LogP contribution is -2.18. The van der Waals surface area contributed by atoms with Gasteiger partial charge in [0.1, 0.15) is 11.9 Å². The molecule has 1 heterocycles. The number of anilines is 1. The summed E-state index contributed by atoms with van der Waals surface area (Å²) >= 11 is 0. The van der Waals surface area contributed by atoms with Crippen molar-refractivity contribution in [1.82, 2.24) is 9.97 Å². The summed E-state index contributed by atoms with van der Waals surface area (Å²) in [5, 5.41) is 3.41. The van der Waals surface area contributed by atoms with E-state index >= 15 is 0 Å². The van der Waals surface area contributed by atoms with E-state index in [0.717, 1.165) is 31.0 Å². The zero-order valence-corrected chi connectivity index (χ0v) is 11.9. The molecule has 1 saturated carbocycles. The predicted molar refractivity (Wildman–Crippen MR) is 75.3 cm³/mol. The average Bonchev–Trinajstić information content (AvgIpc) is 3.25. The van der Waals surface area contributed by atoms with Crippen LogP contribution in [0.5, 0.6) is 0 Å². The van der Waals surface area contributed by atoms with E-state index in [1.165, 1.54) is 36.9 Å². The Kier molecular flexibility index (Phi) is 3.69. The van der Waals surface area contributed by atoms with Crippen LogP contribution in [0, 0.1) is 5.92 Å². The molecule has 1 fully saturated rings. The lowest BCUT2D eigenvalue weighted by molar-refractivity contribution is 0.0770. The normalized spacial score (nSPS) is 19.9. The van der Waals surface area contributed by atoms with Crippen LogP contribution in [0.15, 0.2) is 0 Å². The second-order valence-corrected chi connectivity index (χ2v) is 5.59. The maximum absolute atomic E-state index is 5.63. The Hall–Kier alpha value is -1.16. The minimum absolute atomic E-state index is 0.0876. The van der Waals surface area contributed by atoms with E-state index in [-0.39, 0.29) is 6.10 Å². The summed E-state index contributed by atoms with van der Waals surface area (Å²) in [7, 11) is 1.78. The molecule has 2 aliphatic carbocycles. The molecule has 0 amide bonds. The molecule has 19 heavy (non-hydrogen) atoms. The molecule has 0 spiro atoms. The van der Waals surface area contributed by atoms with Crippen LogP contribution in [0.3, 0.4) is 0 Å². The third-order valence-corrected chi connectivity index (χ3v) is 4.10. The summed E-state index contributed by atoms with van der Waals surface area (Å²) in [6.45, 7) is 3.02. The van der Waals surface area contributed by atoms with E-state index in [1.54, 1.807) is 7.11 Å². The van der Waals surface area contributed by atoms with Gasteiger partial charge >= 0.3 is 0 Å². The number of fused-ring (bicyclic) bond motifs is 1. The monoisotopic (exact) mass is 261 g/mol. The summed E-state index contributed by atoms with van der Waals surface area (Å²) in [4.78, 5) is 9.57. The first kappa shape index (κ1) is 12.9. The first-order valence-corrected chi connectivity index (χ1v) is 7.49. The number of hydrogen-bond donors (Lipinski definition) is 1. The summed E-state index contributed by atoms with van der Waals surface area (Å²) in [6, 6.07) is 0. The van der Waals surface area contributed by atoms with Crippen molar-refractivity contribution in [2.75, 3.05) is 19.0 Å². The van der Waals surface area contributed by atoms with E-state index < -0.39 is 0 Å². The van der Waals surface area contributed by atoms with Gasteiger partial charge in [0, 0.05) is 24.9 Å². The molecule has 1 aromatic heterocycles. The third kappa shape index (κ3) is 2.59. The number of ether oxygens (including phenoxy) is 1. The summed E-state index contributed by atoms with van der Waals surface area (Å²) in [6.07, 6.45) is 7.28. The fourth-order valence-electron chi connectivity index (χ4n) is 2.96. The second kappa shape index (κ2) is 5.45. The second-order valence-electron chi connectivity index (χ2n) is 5.59. The Bertz CT molecular complexity index is 457. The molecule has 104 valence electrons. The molecule has 0 aliphatic heterocycles. The van der Waals surface area contributed by atoms with Gasteiger partial charge in [-0.05, 0) is 51.4 Å². The van der Waals surface area contributed by atoms with Crippen molar-refractivity contribution in [2.45, 2.75) is 51.6 Å². The molecule has 1 atom stereocenters. The Morgan fingerprint density at radius 2 is 2.05 bits per heavy atom. The molecular formula is C15H23N3O. The van der Waals surface area contributed by atoms with Gasteiger partial charge in [-0.3, -0.25) is 0 Å². The highest BCUT2D eigenvalue weighted by molar-refractivity contribution is 5.48. The Morgan fingerprint density at radius 3 is 2.74 bits per heavy atom. The van der Waals surface area contributed by atoms with Crippen molar-refractivity contribution < 1.29 is 4.74 Å². The number of hydrogen-bond acceptors (Lipinski definition) is 4. The minimum Gasteiger partial charge on any atom is -0.373 e. The van der Waals surface area contributed by atoms with Crippen molar-refractivity contribution in [2.24, 2.45) is 5.92 Å². The van der Waals surface area contributed by atoms with Crippen molar-refractivity contribution in [1.29, 1.82) is 0 Å². The summed E-state index contributed by atoms with van der Waals surface area (Å²) in [5.41, 5.74) is 2.58. The molecule has 0 saturated heterocycles. The molecule has 1 unspecified atom stereocenters. The van der Waals surface area contributed by atoms with Crippen LogP contribution >= 0.6 is 0 Å². The lowest BCUT2D eigenvalue weighted by atomic mass is 9.96. The van der Waals surface area contributed by atoms with E-state index in [1.807, 2.05) is 0 Å². The Morgan fingerprint density at radius 1 is 1.26 bits per heavy atom. The van der Waals surface area contributed by atoms with Gasteiger partial charge in [-0.15, -0.1) is 0 Å². The van der Waals surface area contributed by atoms with Gasteiger partial charge in [-0.25, -0.2) is 9.97 Å². The standard InChI is InChI=1S/C15H23N3O/c1-3-16-14-11-6-4-5-7-12(11)17-15(18-14)13(19-2)10-8-9-10/h10,13H,3-9H2,1-2H3,(H,16,17,18). The smallest absolute Gasteiger partial charge is 0.160 e. The molecule has 0 radical (unpaired) electrons. The largest absolute Gasteiger partial charge is 0.373 e. The third-order valence-electron chi connectivity index (χ3n) is 4.10. The zero-order chi connectivity index (χ0) is 13.2. The van der Waals surface area contributed by atoms with Crippen LogP contribution in [-0.2, 0) is 17.6 Å². The van der Waals surface area contributed by atoms with Crippen molar-refractivity contribution in [3.05, 3.63) is 17.1 Å². The Labute approximate surface area is 115 Å². The first-order valence-electron chi connectivity index (χ1n) is 7.49. The first-order chi connectivity index (χ1) is 9.33. The fraction of sp³-hybridized carbons (Fsp3) is 0.733. The van der Waals surface area contributed by atoms with Crippen molar-refractivity contribution >= 4 is 5.82 Å². The van der Waals surface area contributed by atoms with Gasteiger partial charge in [0.2, 0.25) is 0 Å². The van der Waals surface area contributed by atoms with Crippen LogP contribution < -0.4 is 5.32 Å². The SMILES string of the molecule is CCNc1nc(C(OC)C2CC2)nc2c1CCCC2. The van der Waals surface area contributed by atoms with Crippen molar-refractivity contribution in [3.8, 4) is 0 Å². The van der Waals surface area contributed by atoms with E-state index in [9.17, 15) is 0 Å². The van der Waals surface area contributed by atoms with Crippen LogP contribution in [0.25, 0.3) is 0 Å². The number of methoxy groups -OCH3 is 1. The zero-order valence-electron chi connectivity index (χ0n) is 11.9. The molecule has 0 bridgehead atoms. The summed E-state index contributed by atoms with van der Waals surface area (Å²) in [5.74, 6) is 2.56. The highest BCUT2D eigenvalue weighted by Gasteiger charge is 2.35. The van der Waals surface area contributed by atoms with Crippen LogP contribution in [0.1, 0.15) is 55.8 Å². The molecular weight excluding hydrogens is 238 g/mol. The van der Waals surface area contributed by atoms with Gasteiger partial charge < -0.3 is 10.1 Å². The van der Waals surface area contributed by atoms with Gasteiger partial charge in [-0.2, -0.15) is 0 Å². The van der Waals surface area contributed by atoms with Gasteiger partial charge in [-0.1, -0.05) is 0 Å². The Balaban J connectivity index is 1.97. The lowest BCUT2D eigenvalue weighted by Gasteiger charge is -2.22. The molecule has 4 heteroatoms. The van der Waals surface area contributed by atoms with Crippen LogP contribution in [0.2, 0.25) is 0 Å². The minimum atomic E-state index is 0.0876. The highest BCUT2D eigenvalue weighted by atomic mass is 16.5. The fourth-order valence-corrected chi connectivity index (χ4v) is 2.96. The van der Waals surface area contributed by atoms with E-state index in [4.69, 9.17) is 14.7 Å². The maximum Gasteiger partial charge on any atom is 0.160 e. The van der Waals surface area contributed by atoms with Crippen molar-refractivity contribution in [3.63, 3.8) is 0 Å². The molecule has 0 aromatic carbocycles. The van der Waals surface area contributed by atoms with Crippen LogP contribution in [-0.4, -0.2) is 23.6 Å². The number of aromatic nitrogens is 2. The predicted octanol–water partition coefficient (Wildman–Crippen LogP) is 2.88. The topological polar surface area (TPSA) is 47.0 Å². The quantitative estimate of drug-likeness (QED) is 0.885. The summed E-state index contributed by atoms with van der Waals surface area (Å²) < 4.78 is 5.63. The average molecular weight is 261 g/mol. The number of rotatable bonds is 5. The molecule has 1 N–H and O–H groups in total. The number of aryl methyl sites for hydroxylation is 1. The molecule has 1 aromatic rings. The maximum atomic E-state index is 5.63. The molecule has 4 nitrogen and oxygen atoms in total. The molecule has 3 rings (SSSR count). The van der Waals surface area contributed by atoms with Crippen LogP contribution in [0.4, 0.5) is 5.82 Å². The highest BCUT2D eigenvalue weighted by Crippen LogP contribution is 2.42. The number of nitrogens with zero attached hydrogens (tertiary/aromatic N) is 2. The van der Waals surface area contributed by atoms with E-state index in [2.05, 4.69) is 12.2 Å². The number of nitrogens with one attached hydrogen (secondary N) is 1. The van der Waals surface area contributed by atoms with Gasteiger partial charge in [0.05, 0.1) is 0 Å². The van der Waals surface area contributed by atoms with Gasteiger partial charge in [0.25, 0.3) is 0 Å².